The Kier molecular flexibility index (Phi) is 5.18. The van der Waals surface area contributed by atoms with E-state index in [4.69, 9.17) is 4.74 Å². The molecule has 132 valence electrons. The fourth-order valence-electron chi connectivity index (χ4n) is 3.52. The van der Waals surface area contributed by atoms with E-state index < -0.39 is 0 Å². The van der Waals surface area contributed by atoms with Gasteiger partial charge in [0.25, 0.3) is 0 Å². The van der Waals surface area contributed by atoms with E-state index in [1.165, 1.54) is 0 Å². The van der Waals surface area contributed by atoms with Gasteiger partial charge in [0.2, 0.25) is 5.95 Å². The number of aryl methyl sites for hydroxylation is 1. The van der Waals surface area contributed by atoms with Gasteiger partial charge in [-0.15, -0.1) is 0 Å². The van der Waals surface area contributed by atoms with Gasteiger partial charge in [-0.05, 0) is 24.3 Å². The number of urea groups is 1. The molecule has 0 aliphatic carbocycles. The molecule has 3 heterocycles. The lowest BCUT2D eigenvalue weighted by molar-refractivity contribution is 0.0889. The molecule has 24 heavy (non-hydrogen) atoms. The van der Waals surface area contributed by atoms with Crippen molar-refractivity contribution in [3.63, 3.8) is 0 Å². The number of hydrogen-bond acceptors (Lipinski definition) is 5. The molecule has 2 aliphatic heterocycles. The second-order valence-corrected chi connectivity index (χ2v) is 6.86. The van der Waals surface area contributed by atoms with E-state index >= 15 is 0 Å². The smallest absolute Gasteiger partial charge is 0.316 e. The van der Waals surface area contributed by atoms with Crippen LogP contribution < -0.4 is 10.2 Å². The Morgan fingerprint density at radius 3 is 2.83 bits per heavy atom. The van der Waals surface area contributed by atoms with Crippen LogP contribution in [0.25, 0.3) is 0 Å². The maximum absolute atomic E-state index is 11.7. The first-order valence-electron chi connectivity index (χ1n) is 8.71. The number of amides is 2. The number of nitrogens with zero attached hydrogens (tertiary/aromatic N) is 4. The quantitative estimate of drug-likeness (QED) is 0.895. The second-order valence-electron chi connectivity index (χ2n) is 6.86. The molecule has 2 aliphatic rings. The lowest BCUT2D eigenvalue weighted by Gasteiger charge is -2.35. The van der Waals surface area contributed by atoms with Crippen molar-refractivity contribution in [3.8, 4) is 0 Å². The summed E-state index contributed by atoms with van der Waals surface area (Å²) in [6, 6.07) is -0.0658. The summed E-state index contributed by atoms with van der Waals surface area (Å²) in [6.07, 6.45) is 5.95. The Morgan fingerprint density at radius 1 is 1.42 bits per heavy atom. The molecule has 2 amide bonds. The van der Waals surface area contributed by atoms with Crippen LogP contribution >= 0.6 is 0 Å². The standard InChI is InChI=1S/C17H27N5O2/c1-4-12-7-18-16(19-8-12)22-6-5-14-13(10-22)11-24-15(14)9-20-17(23)21(2)3/h7-8,13-15H,4-6,9-11H2,1-3H3,(H,20,23)/t13-,14-,15-/m0/s1. The summed E-state index contributed by atoms with van der Waals surface area (Å²) >= 11 is 0. The summed E-state index contributed by atoms with van der Waals surface area (Å²) < 4.78 is 5.95. The van der Waals surface area contributed by atoms with Gasteiger partial charge in [-0.3, -0.25) is 0 Å². The van der Waals surface area contributed by atoms with E-state index in [0.29, 0.717) is 18.4 Å². The Labute approximate surface area is 143 Å². The highest BCUT2D eigenvalue weighted by Crippen LogP contribution is 2.35. The molecule has 0 unspecified atom stereocenters. The van der Waals surface area contributed by atoms with Crippen molar-refractivity contribution >= 4 is 12.0 Å². The monoisotopic (exact) mass is 333 g/mol. The molecule has 3 rings (SSSR count). The summed E-state index contributed by atoms with van der Waals surface area (Å²) in [5.41, 5.74) is 1.16. The van der Waals surface area contributed by atoms with Gasteiger partial charge in [0.15, 0.2) is 0 Å². The van der Waals surface area contributed by atoms with E-state index in [1.54, 1.807) is 19.0 Å². The van der Waals surface area contributed by atoms with Gasteiger partial charge < -0.3 is 19.9 Å². The molecule has 0 aromatic carbocycles. The predicted molar refractivity (Wildman–Crippen MR) is 92.0 cm³/mol. The third kappa shape index (κ3) is 3.61. The number of hydrogen-bond donors (Lipinski definition) is 1. The van der Waals surface area contributed by atoms with Gasteiger partial charge >= 0.3 is 6.03 Å². The number of anilines is 1. The van der Waals surface area contributed by atoms with E-state index in [2.05, 4.69) is 27.1 Å². The number of aromatic nitrogens is 2. The first-order valence-corrected chi connectivity index (χ1v) is 8.71. The number of piperidine rings is 1. The van der Waals surface area contributed by atoms with Crippen LogP contribution in [0, 0.1) is 11.8 Å². The molecule has 1 aromatic heterocycles. The van der Waals surface area contributed by atoms with E-state index in [1.807, 2.05) is 12.4 Å². The van der Waals surface area contributed by atoms with Crippen LogP contribution in [0.1, 0.15) is 18.9 Å². The zero-order valence-corrected chi connectivity index (χ0v) is 14.7. The van der Waals surface area contributed by atoms with Crippen LogP contribution in [0.2, 0.25) is 0 Å². The highest BCUT2D eigenvalue weighted by Gasteiger charge is 2.41. The van der Waals surface area contributed by atoms with Gasteiger partial charge in [-0.25, -0.2) is 14.8 Å². The summed E-state index contributed by atoms with van der Waals surface area (Å²) in [5.74, 6) is 1.79. The van der Waals surface area contributed by atoms with Crippen molar-refractivity contribution in [1.29, 1.82) is 0 Å². The van der Waals surface area contributed by atoms with Crippen LogP contribution in [0.4, 0.5) is 10.7 Å². The predicted octanol–water partition coefficient (Wildman–Crippen LogP) is 1.15. The van der Waals surface area contributed by atoms with Gasteiger partial charge in [0.05, 0.1) is 12.7 Å². The van der Waals surface area contributed by atoms with E-state index in [0.717, 1.165) is 44.0 Å². The number of ether oxygens (including phenoxy) is 1. The first kappa shape index (κ1) is 17.0. The van der Waals surface area contributed by atoms with Crippen molar-refractivity contribution in [2.24, 2.45) is 11.8 Å². The molecule has 0 radical (unpaired) electrons. The average molecular weight is 333 g/mol. The van der Waals surface area contributed by atoms with Gasteiger partial charge in [-0.1, -0.05) is 6.92 Å². The number of carbonyl (C=O) groups is 1. The van der Waals surface area contributed by atoms with Crippen LogP contribution in [-0.4, -0.2) is 67.3 Å². The molecule has 0 spiro atoms. The highest BCUT2D eigenvalue weighted by molar-refractivity contribution is 5.73. The Morgan fingerprint density at radius 2 is 2.17 bits per heavy atom. The minimum atomic E-state index is -0.0658. The lowest BCUT2D eigenvalue weighted by Crippen LogP contribution is -2.45. The van der Waals surface area contributed by atoms with Crippen molar-refractivity contribution in [2.45, 2.75) is 25.9 Å². The summed E-state index contributed by atoms with van der Waals surface area (Å²) in [5, 5.41) is 2.94. The summed E-state index contributed by atoms with van der Waals surface area (Å²) in [4.78, 5) is 24.5. The minimum Gasteiger partial charge on any atom is -0.376 e. The Bertz CT molecular complexity index is 563. The molecule has 2 saturated heterocycles. The molecule has 0 saturated carbocycles. The van der Waals surface area contributed by atoms with Crippen LogP contribution in [0.3, 0.4) is 0 Å². The largest absolute Gasteiger partial charge is 0.376 e. The van der Waals surface area contributed by atoms with Crippen LogP contribution in [0.15, 0.2) is 12.4 Å². The molecule has 7 heteroatoms. The molecule has 7 nitrogen and oxygen atoms in total. The molecule has 3 atom stereocenters. The third-order valence-electron chi connectivity index (χ3n) is 5.04. The van der Waals surface area contributed by atoms with Gasteiger partial charge in [-0.2, -0.15) is 0 Å². The van der Waals surface area contributed by atoms with Crippen molar-refractivity contribution in [3.05, 3.63) is 18.0 Å². The van der Waals surface area contributed by atoms with Gasteiger partial charge in [0, 0.05) is 52.0 Å². The van der Waals surface area contributed by atoms with Crippen LogP contribution in [-0.2, 0) is 11.2 Å². The zero-order valence-electron chi connectivity index (χ0n) is 14.7. The molecule has 1 aromatic rings. The fraction of sp³-hybridized carbons (Fsp3) is 0.706. The van der Waals surface area contributed by atoms with E-state index in [9.17, 15) is 4.79 Å². The van der Waals surface area contributed by atoms with Gasteiger partial charge in [0.1, 0.15) is 0 Å². The first-order chi connectivity index (χ1) is 11.6. The number of carbonyl (C=O) groups excluding carboxylic acids is 1. The average Bonchev–Trinajstić information content (AvgIpc) is 3.01. The molecular formula is C17H27N5O2. The lowest BCUT2D eigenvalue weighted by atomic mass is 9.84. The maximum Gasteiger partial charge on any atom is 0.316 e. The second kappa shape index (κ2) is 7.34. The highest BCUT2D eigenvalue weighted by atomic mass is 16.5. The summed E-state index contributed by atoms with van der Waals surface area (Å²) in [6.45, 7) is 5.30. The maximum atomic E-state index is 11.7. The molecular weight excluding hydrogens is 306 g/mol. The van der Waals surface area contributed by atoms with Crippen molar-refractivity contribution in [1.82, 2.24) is 20.2 Å². The van der Waals surface area contributed by atoms with Crippen LogP contribution in [0.5, 0.6) is 0 Å². The zero-order chi connectivity index (χ0) is 17.1. The SMILES string of the molecule is CCc1cnc(N2CC[C@H]3[C@H](CO[C@H]3CNC(=O)N(C)C)C2)nc1. The van der Waals surface area contributed by atoms with E-state index in [-0.39, 0.29) is 12.1 Å². The third-order valence-corrected chi connectivity index (χ3v) is 5.04. The Balaban J connectivity index is 1.55. The fourth-order valence-corrected chi connectivity index (χ4v) is 3.52. The minimum absolute atomic E-state index is 0.0658. The summed E-state index contributed by atoms with van der Waals surface area (Å²) in [7, 11) is 3.49. The number of nitrogens with one attached hydrogen (secondary N) is 1. The molecule has 2 fully saturated rings. The molecule has 1 N–H and O–H groups in total. The van der Waals surface area contributed by atoms with Crippen molar-refractivity contribution in [2.75, 3.05) is 45.2 Å². The topological polar surface area (TPSA) is 70.6 Å². The number of rotatable bonds is 4. The number of fused-ring (bicyclic) bond motifs is 1. The Hall–Kier alpha value is -1.89. The normalized spacial score (nSPS) is 26.1. The van der Waals surface area contributed by atoms with Crippen molar-refractivity contribution < 1.29 is 9.53 Å². The molecule has 0 bridgehead atoms.